The zero-order valence-electron chi connectivity index (χ0n) is 18.0. The van der Waals surface area contributed by atoms with E-state index < -0.39 is 0 Å². The SMILES string of the molecule is CCC(C)c1ccc(COC(=O)Cc2ccc3ccc4cccc5ccc2c3c45)cc1. The van der Waals surface area contributed by atoms with Crippen LogP contribution in [-0.4, -0.2) is 5.97 Å². The molecule has 0 spiro atoms. The Bertz CT molecular complexity index is 1350. The van der Waals surface area contributed by atoms with Crippen LogP contribution in [0.1, 0.15) is 42.9 Å². The Morgan fingerprint density at radius 3 is 2.16 bits per heavy atom. The van der Waals surface area contributed by atoms with Crippen molar-refractivity contribution < 1.29 is 9.53 Å². The normalized spacial score (nSPS) is 12.6. The van der Waals surface area contributed by atoms with Gasteiger partial charge in [-0.1, -0.05) is 92.7 Å². The summed E-state index contributed by atoms with van der Waals surface area (Å²) in [5.74, 6) is 0.354. The maximum atomic E-state index is 12.6. The predicted octanol–water partition coefficient (Wildman–Crippen LogP) is 7.38. The van der Waals surface area contributed by atoms with E-state index in [-0.39, 0.29) is 12.4 Å². The molecule has 0 saturated carbocycles. The van der Waals surface area contributed by atoms with Crippen molar-refractivity contribution in [3.8, 4) is 0 Å². The molecule has 0 N–H and O–H groups in total. The van der Waals surface area contributed by atoms with Crippen LogP contribution in [0.15, 0.2) is 78.9 Å². The molecule has 0 aromatic heterocycles. The van der Waals surface area contributed by atoms with Gasteiger partial charge in [0.2, 0.25) is 0 Å². The van der Waals surface area contributed by atoms with E-state index in [1.165, 1.54) is 32.5 Å². The lowest BCUT2D eigenvalue weighted by molar-refractivity contribution is -0.144. The quantitative estimate of drug-likeness (QED) is 0.217. The van der Waals surface area contributed by atoms with Crippen LogP contribution in [0.5, 0.6) is 0 Å². The Kier molecular flexibility index (Phi) is 5.07. The third kappa shape index (κ3) is 3.63. The van der Waals surface area contributed by atoms with Gasteiger partial charge in [0.1, 0.15) is 6.61 Å². The van der Waals surface area contributed by atoms with Gasteiger partial charge < -0.3 is 4.74 Å². The molecular weight excluding hydrogens is 380 g/mol. The molecule has 0 aliphatic heterocycles. The molecule has 31 heavy (non-hydrogen) atoms. The van der Waals surface area contributed by atoms with Crippen LogP contribution in [0.4, 0.5) is 0 Å². The molecule has 0 aliphatic carbocycles. The molecule has 2 heteroatoms. The van der Waals surface area contributed by atoms with Crippen LogP contribution in [-0.2, 0) is 22.6 Å². The van der Waals surface area contributed by atoms with Gasteiger partial charge in [0.15, 0.2) is 0 Å². The van der Waals surface area contributed by atoms with E-state index in [9.17, 15) is 4.79 Å². The number of hydrogen-bond acceptors (Lipinski definition) is 2. The second-order valence-electron chi connectivity index (χ2n) is 8.47. The molecule has 1 unspecified atom stereocenters. The van der Waals surface area contributed by atoms with Crippen LogP contribution < -0.4 is 0 Å². The summed E-state index contributed by atoms with van der Waals surface area (Å²) in [6.07, 6.45) is 1.40. The summed E-state index contributed by atoms with van der Waals surface area (Å²) >= 11 is 0. The van der Waals surface area contributed by atoms with E-state index in [0.29, 0.717) is 12.5 Å². The lowest BCUT2D eigenvalue weighted by Gasteiger charge is -2.14. The van der Waals surface area contributed by atoms with E-state index in [1.54, 1.807) is 0 Å². The van der Waals surface area contributed by atoms with Gasteiger partial charge in [-0.15, -0.1) is 0 Å². The van der Waals surface area contributed by atoms with Gasteiger partial charge in [0.05, 0.1) is 6.42 Å². The van der Waals surface area contributed by atoms with Crippen molar-refractivity contribution in [1.29, 1.82) is 0 Å². The molecule has 0 bridgehead atoms. The van der Waals surface area contributed by atoms with Gasteiger partial charge in [-0.05, 0) is 61.3 Å². The number of rotatable bonds is 6. The molecule has 0 radical (unpaired) electrons. The number of esters is 1. The zero-order valence-corrected chi connectivity index (χ0v) is 18.0. The summed E-state index contributed by atoms with van der Waals surface area (Å²) < 4.78 is 5.61. The predicted molar refractivity (Wildman–Crippen MR) is 129 cm³/mol. The van der Waals surface area contributed by atoms with Crippen LogP contribution in [0.2, 0.25) is 0 Å². The summed E-state index contributed by atoms with van der Waals surface area (Å²) in [6.45, 7) is 4.73. The van der Waals surface area contributed by atoms with E-state index in [4.69, 9.17) is 4.74 Å². The minimum absolute atomic E-state index is 0.193. The Morgan fingerprint density at radius 1 is 0.806 bits per heavy atom. The smallest absolute Gasteiger partial charge is 0.310 e. The third-order valence-electron chi connectivity index (χ3n) is 6.51. The average molecular weight is 407 g/mol. The zero-order chi connectivity index (χ0) is 21.4. The van der Waals surface area contributed by atoms with Crippen molar-refractivity contribution in [3.05, 3.63) is 95.6 Å². The van der Waals surface area contributed by atoms with Gasteiger partial charge in [-0.3, -0.25) is 4.79 Å². The first kappa shape index (κ1) is 19.6. The van der Waals surface area contributed by atoms with Crippen molar-refractivity contribution in [1.82, 2.24) is 0 Å². The fourth-order valence-electron chi connectivity index (χ4n) is 4.50. The van der Waals surface area contributed by atoms with Crippen molar-refractivity contribution in [2.24, 2.45) is 0 Å². The number of benzene rings is 5. The van der Waals surface area contributed by atoms with E-state index in [1.807, 2.05) is 0 Å². The van der Waals surface area contributed by atoms with Gasteiger partial charge >= 0.3 is 5.97 Å². The van der Waals surface area contributed by atoms with Crippen molar-refractivity contribution >= 4 is 38.3 Å². The second kappa shape index (κ2) is 8.03. The molecule has 0 heterocycles. The van der Waals surface area contributed by atoms with Crippen LogP contribution >= 0.6 is 0 Å². The molecule has 5 rings (SSSR count). The number of hydrogen-bond donors (Lipinski definition) is 0. The highest BCUT2D eigenvalue weighted by molar-refractivity contribution is 6.23. The molecule has 0 fully saturated rings. The van der Waals surface area contributed by atoms with E-state index >= 15 is 0 Å². The fraction of sp³-hybridized carbons (Fsp3) is 0.207. The van der Waals surface area contributed by atoms with Crippen molar-refractivity contribution in [2.45, 2.75) is 39.2 Å². The highest BCUT2D eigenvalue weighted by Crippen LogP contribution is 2.36. The molecule has 0 amide bonds. The lowest BCUT2D eigenvalue weighted by Crippen LogP contribution is -2.08. The Hall–Kier alpha value is -3.39. The molecular formula is C29H26O2. The van der Waals surface area contributed by atoms with Crippen molar-refractivity contribution in [3.63, 3.8) is 0 Å². The molecule has 1 atom stereocenters. The highest BCUT2D eigenvalue weighted by atomic mass is 16.5. The molecule has 5 aromatic rings. The van der Waals surface area contributed by atoms with E-state index in [0.717, 1.165) is 22.9 Å². The maximum absolute atomic E-state index is 12.6. The average Bonchev–Trinajstić information content (AvgIpc) is 2.82. The lowest BCUT2D eigenvalue weighted by atomic mass is 9.91. The number of ether oxygens (including phenoxy) is 1. The van der Waals surface area contributed by atoms with Gasteiger partial charge in [-0.25, -0.2) is 0 Å². The Morgan fingerprint density at radius 2 is 1.45 bits per heavy atom. The Labute approximate surface area is 182 Å². The Balaban J connectivity index is 1.37. The van der Waals surface area contributed by atoms with Gasteiger partial charge in [0, 0.05) is 0 Å². The molecule has 0 saturated heterocycles. The molecule has 5 aromatic carbocycles. The third-order valence-corrected chi connectivity index (χ3v) is 6.51. The molecule has 154 valence electrons. The first-order chi connectivity index (χ1) is 15.1. The standard InChI is InChI=1S/C29H26O2/c1-3-19(2)21-9-7-20(8-10-21)18-31-27(30)17-25-14-13-24-12-11-22-5-4-6-23-15-16-26(25)29(24)28(22)23/h4-16,19H,3,17-18H2,1-2H3. The fourth-order valence-corrected chi connectivity index (χ4v) is 4.50. The van der Waals surface area contributed by atoms with Crippen LogP contribution in [0.25, 0.3) is 32.3 Å². The summed E-state index contributed by atoms with van der Waals surface area (Å²) in [7, 11) is 0. The van der Waals surface area contributed by atoms with Crippen LogP contribution in [0, 0.1) is 0 Å². The van der Waals surface area contributed by atoms with Crippen molar-refractivity contribution in [2.75, 3.05) is 0 Å². The maximum Gasteiger partial charge on any atom is 0.310 e. The number of carbonyl (C=O) groups is 1. The molecule has 0 aliphatic rings. The number of carbonyl (C=O) groups excluding carboxylic acids is 1. The molecule has 2 nitrogen and oxygen atoms in total. The topological polar surface area (TPSA) is 26.3 Å². The summed E-state index contributed by atoms with van der Waals surface area (Å²) in [5.41, 5.74) is 3.37. The van der Waals surface area contributed by atoms with E-state index in [2.05, 4.69) is 92.7 Å². The first-order valence-electron chi connectivity index (χ1n) is 11.0. The second-order valence-corrected chi connectivity index (χ2v) is 8.47. The van der Waals surface area contributed by atoms with Crippen LogP contribution in [0.3, 0.4) is 0 Å². The van der Waals surface area contributed by atoms with Gasteiger partial charge in [0.25, 0.3) is 0 Å². The minimum Gasteiger partial charge on any atom is -0.461 e. The monoisotopic (exact) mass is 406 g/mol. The van der Waals surface area contributed by atoms with Gasteiger partial charge in [-0.2, -0.15) is 0 Å². The highest BCUT2D eigenvalue weighted by Gasteiger charge is 2.13. The largest absolute Gasteiger partial charge is 0.461 e. The first-order valence-corrected chi connectivity index (χ1v) is 11.0. The summed E-state index contributed by atoms with van der Waals surface area (Å²) in [4.78, 5) is 12.6. The minimum atomic E-state index is -0.193. The summed E-state index contributed by atoms with van der Waals surface area (Å²) in [6, 6.07) is 27.6. The summed E-state index contributed by atoms with van der Waals surface area (Å²) in [5, 5.41) is 7.32.